The van der Waals surface area contributed by atoms with Crippen LogP contribution in [-0.4, -0.2) is 38.1 Å². The number of carbonyl (C=O) groups is 2. The summed E-state index contributed by atoms with van der Waals surface area (Å²) in [6.07, 6.45) is 1.62. The van der Waals surface area contributed by atoms with E-state index < -0.39 is 18.4 Å². The van der Waals surface area contributed by atoms with Gasteiger partial charge in [0.1, 0.15) is 4.32 Å². The number of carbonyl (C=O) groups excluding carboxylic acids is 2. The third-order valence-electron chi connectivity index (χ3n) is 4.50. The molecule has 0 atom stereocenters. The number of hydrogen-bond donors (Lipinski definition) is 1. The molecule has 3 N–H and O–H groups in total. The van der Waals surface area contributed by atoms with E-state index in [0.29, 0.717) is 15.7 Å². The first-order valence-electron chi connectivity index (χ1n) is 9.28. The van der Waals surface area contributed by atoms with Gasteiger partial charge in [-0.2, -0.15) is 0 Å². The molecule has 0 saturated carbocycles. The third-order valence-corrected chi connectivity index (χ3v) is 6.66. The number of thioether (sulfide) groups is 1. The molecule has 1 aliphatic rings. The van der Waals surface area contributed by atoms with E-state index >= 15 is 0 Å². The minimum atomic E-state index is -1.36. The first-order chi connectivity index (χ1) is 15.0. The minimum absolute atomic E-state index is 0. The van der Waals surface area contributed by atoms with E-state index in [4.69, 9.17) is 12.2 Å². The van der Waals surface area contributed by atoms with Gasteiger partial charge in [-0.1, -0.05) is 84.6 Å². The normalized spacial score (nSPS) is 14.2. The van der Waals surface area contributed by atoms with Crippen LogP contribution in [0.25, 0.3) is 6.08 Å². The monoisotopic (exact) mass is 507 g/mol. The molecule has 0 bridgehead atoms. The third kappa shape index (κ3) is 6.73. The maximum atomic E-state index is 12.4. The summed E-state index contributed by atoms with van der Waals surface area (Å²) in [5, 5.41) is 16.9. The number of nitrogens with zero attached hydrogens (tertiary/aromatic N) is 2. The van der Waals surface area contributed by atoms with Crippen LogP contribution in [0.2, 0.25) is 0 Å². The number of aromatic nitrogens is 1. The predicted octanol–water partition coefficient (Wildman–Crippen LogP) is -0.525. The summed E-state index contributed by atoms with van der Waals surface area (Å²) in [5.41, 5.74) is 2.81. The SMILES string of the molecule is O.O=C([O-])CN1C(=O)/C(=C/c2csc(NC(c3ccccc3)c3ccccc3)n2)SC1=S.[Na+]. The standard InChI is InChI=1S/C22H17N3O3S3.Na.H2O/c26-18(27)12-25-20(28)17(31-22(25)29)11-16-13-30-21(23-16)24-19(14-7-3-1-4-8-14)15-9-5-2-6-10-15;;/h1-11,13,19H,12H2,(H,23,24)(H,26,27);;1H2/q;+1;/p-1/b17-11-;;. The van der Waals surface area contributed by atoms with Crippen molar-refractivity contribution < 1.29 is 49.7 Å². The van der Waals surface area contributed by atoms with Gasteiger partial charge in [0, 0.05) is 5.38 Å². The largest absolute Gasteiger partial charge is 1.00 e. The topological polar surface area (TPSA) is 117 Å². The predicted molar refractivity (Wildman–Crippen MR) is 129 cm³/mol. The van der Waals surface area contributed by atoms with Crippen molar-refractivity contribution >= 4 is 62.7 Å². The van der Waals surface area contributed by atoms with Crippen LogP contribution in [0, 0.1) is 0 Å². The molecule has 0 aliphatic carbocycles. The van der Waals surface area contributed by atoms with E-state index in [1.807, 2.05) is 41.8 Å². The maximum Gasteiger partial charge on any atom is 1.00 e. The number of carboxylic acids is 1. The van der Waals surface area contributed by atoms with E-state index in [1.54, 1.807) is 6.08 Å². The number of anilines is 1. The molecule has 1 amide bonds. The zero-order valence-corrected chi connectivity index (χ0v) is 22.0. The fraction of sp³-hybridized carbons (Fsp3) is 0.0909. The smallest absolute Gasteiger partial charge is 0.548 e. The average Bonchev–Trinajstić information content (AvgIpc) is 3.32. The van der Waals surface area contributed by atoms with Crippen LogP contribution in [-0.2, 0) is 9.59 Å². The first-order valence-corrected chi connectivity index (χ1v) is 11.4. The molecule has 3 aromatic rings. The summed E-state index contributed by atoms with van der Waals surface area (Å²) >= 11 is 7.59. The number of rotatable bonds is 7. The molecule has 164 valence electrons. The quantitative estimate of drug-likeness (QED) is 0.260. The molecule has 2 heterocycles. The number of carboxylic acid groups (broad SMARTS) is 1. The van der Waals surface area contributed by atoms with Crippen LogP contribution in [0.15, 0.2) is 70.9 Å². The Labute approximate surface area is 226 Å². The molecule has 0 unspecified atom stereocenters. The second-order valence-corrected chi connectivity index (χ2v) is 9.15. The molecule has 33 heavy (non-hydrogen) atoms. The Kier molecular flexibility index (Phi) is 10.2. The average molecular weight is 508 g/mol. The molecule has 7 nitrogen and oxygen atoms in total. The van der Waals surface area contributed by atoms with Crippen molar-refractivity contribution in [1.82, 2.24) is 9.88 Å². The van der Waals surface area contributed by atoms with Gasteiger partial charge in [0.25, 0.3) is 5.91 Å². The van der Waals surface area contributed by atoms with Gasteiger partial charge < -0.3 is 20.7 Å². The summed E-state index contributed by atoms with van der Waals surface area (Å²) in [5.74, 6) is -1.81. The van der Waals surface area contributed by atoms with Gasteiger partial charge in [-0.15, -0.1) is 11.3 Å². The molecule has 1 saturated heterocycles. The van der Waals surface area contributed by atoms with E-state index in [0.717, 1.165) is 27.8 Å². The number of benzene rings is 2. The number of nitrogens with one attached hydrogen (secondary N) is 1. The second kappa shape index (κ2) is 12.4. The number of thiazole rings is 1. The first kappa shape index (κ1) is 27.2. The van der Waals surface area contributed by atoms with Crippen molar-refractivity contribution in [1.29, 1.82) is 0 Å². The second-order valence-electron chi connectivity index (χ2n) is 6.62. The molecular formula is C22H18N3NaO4S3. The van der Waals surface area contributed by atoms with Crippen LogP contribution >= 0.6 is 35.3 Å². The van der Waals surface area contributed by atoms with Crippen LogP contribution in [0.1, 0.15) is 22.9 Å². The number of aliphatic carboxylic acids is 1. The van der Waals surface area contributed by atoms with E-state index in [9.17, 15) is 14.7 Å². The minimum Gasteiger partial charge on any atom is -0.548 e. The van der Waals surface area contributed by atoms with Gasteiger partial charge in [-0.25, -0.2) is 4.98 Å². The van der Waals surface area contributed by atoms with Crippen molar-refractivity contribution in [3.8, 4) is 0 Å². The van der Waals surface area contributed by atoms with E-state index in [2.05, 4.69) is 34.6 Å². The molecule has 2 aromatic carbocycles. The van der Waals surface area contributed by atoms with Crippen molar-refractivity contribution in [2.24, 2.45) is 0 Å². The molecule has 4 rings (SSSR count). The maximum absolute atomic E-state index is 12.4. The molecule has 0 spiro atoms. The molecule has 0 radical (unpaired) electrons. The Morgan fingerprint density at radius 1 is 1.12 bits per heavy atom. The summed E-state index contributed by atoms with van der Waals surface area (Å²) in [4.78, 5) is 29.2. The van der Waals surface area contributed by atoms with Crippen molar-refractivity contribution in [2.75, 3.05) is 11.9 Å². The number of hydrogen-bond acceptors (Lipinski definition) is 8. The zero-order chi connectivity index (χ0) is 21.8. The number of amides is 1. The number of thiocarbonyl (C=S) groups is 1. The van der Waals surface area contributed by atoms with Gasteiger partial charge in [0.2, 0.25) is 0 Å². The van der Waals surface area contributed by atoms with Gasteiger partial charge in [-0.05, 0) is 17.2 Å². The van der Waals surface area contributed by atoms with Crippen molar-refractivity contribution in [3.63, 3.8) is 0 Å². The summed E-state index contributed by atoms with van der Waals surface area (Å²) in [7, 11) is 0. The Hall–Kier alpha value is -2.05. The Bertz CT molecular complexity index is 1120. The van der Waals surface area contributed by atoms with E-state index in [-0.39, 0.29) is 45.4 Å². The Morgan fingerprint density at radius 3 is 2.24 bits per heavy atom. The summed E-state index contributed by atoms with van der Waals surface area (Å²) in [6.45, 7) is -0.554. The van der Waals surface area contributed by atoms with Gasteiger partial charge in [0.15, 0.2) is 5.13 Å². The van der Waals surface area contributed by atoms with Crippen molar-refractivity contribution in [2.45, 2.75) is 6.04 Å². The van der Waals surface area contributed by atoms with Crippen LogP contribution < -0.4 is 40.0 Å². The van der Waals surface area contributed by atoms with Crippen LogP contribution in [0.5, 0.6) is 0 Å². The van der Waals surface area contributed by atoms with E-state index in [1.165, 1.54) is 11.3 Å². The molecule has 1 fully saturated rings. The van der Waals surface area contributed by atoms with Crippen LogP contribution in [0.3, 0.4) is 0 Å². The van der Waals surface area contributed by atoms with Crippen molar-refractivity contribution in [3.05, 3.63) is 87.8 Å². The molecule has 1 aliphatic heterocycles. The zero-order valence-electron chi connectivity index (χ0n) is 17.6. The molecule has 11 heteroatoms. The van der Waals surface area contributed by atoms with Crippen LogP contribution in [0.4, 0.5) is 5.13 Å². The fourth-order valence-electron chi connectivity index (χ4n) is 3.09. The Morgan fingerprint density at radius 2 is 1.70 bits per heavy atom. The summed E-state index contributed by atoms with van der Waals surface area (Å²) in [6, 6.07) is 20.1. The molecule has 1 aromatic heterocycles. The molecular weight excluding hydrogens is 489 g/mol. The fourth-order valence-corrected chi connectivity index (χ4v) is 5.03. The summed E-state index contributed by atoms with van der Waals surface area (Å²) < 4.78 is 0.197. The Balaban J connectivity index is 0.00000193. The van der Waals surface area contributed by atoms with Gasteiger partial charge in [-0.3, -0.25) is 9.69 Å². The van der Waals surface area contributed by atoms with Gasteiger partial charge >= 0.3 is 29.6 Å². The van der Waals surface area contributed by atoms with Gasteiger partial charge in [0.05, 0.1) is 29.2 Å².